The zero-order valence-corrected chi connectivity index (χ0v) is 9.96. The summed E-state index contributed by atoms with van der Waals surface area (Å²) in [5.74, 6) is 0.925. The monoisotopic (exact) mass is 234 g/mol. The summed E-state index contributed by atoms with van der Waals surface area (Å²) in [6.07, 6.45) is 5.75. The van der Waals surface area contributed by atoms with Crippen LogP contribution in [0.25, 0.3) is 12.4 Å². The Bertz CT molecular complexity index is 498. The van der Waals surface area contributed by atoms with Crippen molar-refractivity contribution in [2.45, 2.75) is 4.90 Å². The standard InChI is InChI=1S/C12H14N2OS/c1-3-6-16-12-5-4-10-8-13-14(15-2)9-11(10)7-12/h3-5,7-9,13H,1,6H2,2H3. The number of nitrogens with one attached hydrogen (secondary N) is 1. The van der Waals surface area contributed by atoms with E-state index in [2.05, 4.69) is 30.2 Å². The maximum atomic E-state index is 5.08. The Morgan fingerprint density at radius 1 is 1.50 bits per heavy atom. The molecule has 1 aliphatic heterocycles. The van der Waals surface area contributed by atoms with Crippen LogP contribution in [-0.2, 0) is 4.84 Å². The van der Waals surface area contributed by atoms with Crippen molar-refractivity contribution in [1.82, 2.24) is 10.6 Å². The second-order valence-corrected chi connectivity index (χ2v) is 4.39. The van der Waals surface area contributed by atoms with Crippen molar-refractivity contribution in [3.8, 4) is 0 Å². The van der Waals surface area contributed by atoms with Crippen molar-refractivity contribution >= 4 is 24.2 Å². The fourth-order valence-electron chi connectivity index (χ4n) is 1.44. The van der Waals surface area contributed by atoms with Gasteiger partial charge < -0.3 is 0 Å². The van der Waals surface area contributed by atoms with Gasteiger partial charge in [-0.15, -0.1) is 18.3 Å². The molecular formula is C12H14N2OS. The molecule has 0 spiro atoms. The van der Waals surface area contributed by atoms with Crippen LogP contribution < -0.4 is 15.9 Å². The molecule has 1 heterocycles. The Hall–Kier alpha value is -1.39. The van der Waals surface area contributed by atoms with Gasteiger partial charge in [0, 0.05) is 27.3 Å². The molecule has 2 rings (SSSR count). The van der Waals surface area contributed by atoms with Gasteiger partial charge in [0.15, 0.2) is 0 Å². The van der Waals surface area contributed by atoms with Crippen molar-refractivity contribution < 1.29 is 4.84 Å². The molecule has 0 aliphatic carbocycles. The Morgan fingerprint density at radius 3 is 3.12 bits per heavy atom. The molecule has 0 bridgehead atoms. The smallest absolute Gasteiger partial charge is 0.0661 e. The summed E-state index contributed by atoms with van der Waals surface area (Å²) in [5.41, 5.74) is 3.00. The first-order chi connectivity index (χ1) is 7.83. The fourth-order valence-corrected chi connectivity index (χ4v) is 2.13. The Morgan fingerprint density at radius 2 is 2.38 bits per heavy atom. The van der Waals surface area contributed by atoms with Gasteiger partial charge in [0.1, 0.15) is 0 Å². The molecule has 0 radical (unpaired) electrons. The molecule has 1 N–H and O–H groups in total. The minimum Gasteiger partial charge on any atom is -0.282 e. The lowest BCUT2D eigenvalue weighted by Gasteiger charge is -2.19. The quantitative estimate of drug-likeness (QED) is 0.616. The molecule has 0 saturated carbocycles. The van der Waals surface area contributed by atoms with Gasteiger partial charge in [-0.2, -0.15) is 5.17 Å². The largest absolute Gasteiger partial charge is 0.282 e. The van der Waals surface area contributed by atoms with Crippen LogP contribution in [0, 0.1) is 0 Å². The molecule has 0 unspecified atom stereocenters. The summed E-state index contributed by atoms with van der Waals surface area (Å²) < 4.78 is 0. The topological polar surface area (TPSA) is 24.5 Å². The van der Waals surface area contributed by atoms with Crippen LogP contribution in [-0.4, -0.2) is 18.0 Å². The van der Waals surface area contributed by atoms with Crippen molar-refractivity contribution in [1.29, 1.82) is 0 Å². The van der Waals surface area contributed by atoms with Gasteiger partial charge in [-0.05, 0) is 12.1 Å². The highest BCUT2D eigenvalue weighted by Crippen LogP contribution is 2.14. The lowest BCUT2D eigenvalue weighted by atomic mass is 10.2. The summed E-state index contributed by atoms with van der Waals surface area (Å²) >= 11 is 1.77. The normalized spacial score (nSPS) is 13.2. The SMILES string of the molecule is C=CCSc1ccc2c(c1)=CN(OC)NC=2. The number of hydrogen-bond acceptors (Lipinski definition) is 4. The fraction of sp³-hybridized carbons (Fsp3) is 0.167. The van der Waals surface area contributed by atoms with E-state index in [1.165, 1.54) is 4.90 Å². The van der Waals surface area contributed by atoms with Crippen LogP contribution in [0.4, 0.5) is 0 Å². The zero-order valence-electron chi connectivity index (χ0n) is 9.14. The third-order valence-corrected chi connectivity index (χ3v) is 3.22. The Kier molecular flexibility index (Phi) is 3.54. The van der Waals surface area contributed by atoms with E-state index in [4.69, 9.17) is 4.84 Å². The molecule has 4 heteroatoms. The van der Waals surface area contributed by atoms with Crippen LogP contribution >= 0.6 is 11.8 Å². The van der Waals surface area contributed by atoms with Gasteiger partial charge >= 0.3 is 0 Å². The van der Waals surface area contributed by atoms with E-state index in [9.17, 15) is 0 Å². The van der Waals surface area contributed by atoms with Gasteiger partial charge in [0.2, 0.25) is 0 Å². The van der Waals surface area contributed by atoms with Crippen molar-refractivity contribution in [3.63, 3.8) is 0 Å². The minimum atomic E-state index is 0.925. The highest BCUT2D eigenvalue weighted by Gasteiger charge is 2.01. The highest BCUT2D eigenvalue weighted by molar-refractivity contribution is 7.99. The molecule has 0 atom stereocenters. The number of hydrogen-bond donors (Lipinski definition) is 1. The number of fused-ring (bicyclic) bond motifs is 1. The van der Waals surface area contributed by atoms with Crippen LogP contribution in [0.5, 0.6) is 0 Å². The summed E-state index contributed by atoms with van der Waals surface area (Å²) in [6, 6.07) is 6.35. The van der Waals surface area contributed by atoms with Gasteiger partial charge in [0.25, 0.3) is 0 Å². The minimum absolute atomic E-state index is 0.925. The molecule has 84 valence electrons. The predicted octanol–water partition coefficient (Wildman–Crippen LogP) is 0.822. The maximum absolute atomic E-state index is 5.08. The molecule has 0 fully saturated rings. The maximum Gasteiger partial charge on any atom is 0.0661 e. The van der Waals surface area contributed by atoms with Gasteiger partial charge in [-0.3, -0.25) is 10.3 Å². The molecule has 1 aromatic rings. The van der Waals surface area contributed by atoms with Crippen molar-refractivity contribution in [2.24, 2.45) is 0 Å². The Labute approximate surface area is 99.0 Å². The number of hydrazine groups is 1. The summed E-state index contributed by atoms with van der Waals surface area (Å²) in [5, 5.41) is 3.88. The van der Waals surface area contributed by atoms with Crippen molar-refractivity contribution in [3.05, 3.63) is 41.3 Å². The first kappa shape index (κ1) is 11.1. The summed E-state index contributed by atoms with van der Waals surface area (Å²) in [7, 11) is 1.62. The van der Waals surface area contributed by atoms with Crippen LogP contribution in [0.1, 0.15) is 0 Å². The number of rotatable bonds is 4. The van der Waals surface area contributed by atoms with E-state index in [0.717, 1.165) is 16.2 Å². The van der Waals surface area contributed by atoms with E-state index in [1.54, 1.807) is 24.0 Å². The summed E-state index contributed by atoms with van der Waals surface area (Å²) in [6.45, 7) is 3.72. The van der Waals surface area contributed by atoms with Crippen LogP contribution in [0.2, 0.25) is 0 Å². The third-order valence-electron chi connectivity index (χ3n) is 2.23. The van der Waals surface area contributed by atoms with Gasteiger partial charge in [0.05, 0.1) is 13.3 Å². The lowest BCUT2D eigenvalue weighted by Crippen LogP contribution is -2.41. The average molecular weight is 234 g/mol. The molecule has 1 aromatic carbocycles. The number of nitrogens with zero attached hydrogens (tertiary/aromatic N) is 1. The molecule has 1 aliphatic rings. The van der Waals surface area contributed by atoms with Gasteiger partial charge in [-0.1, -0.05) is 12.1 Å². The molecule has 0 saturated heterocycles. The predicted molar refractivity (Wildman–Crippen MR) is 67.5 cm³/mol. The van der Waals surface area contributed by atoms with E-state index in [0.29, 0.717) is 0 Å². The summed E-state index contributed by atoms with van der Waals surface area (Å²) in [4.78, 5) is 6.32. The third kappa shape index (κ3) is 2.40. The van der Waals surface area contributed by atoms with Crippen molar-refractivity contribution in [2.75, 3.05) is 12.9 Å². The van der Waals surface area contributed by atoms with Crippen LogP contribution in [0.15, 0.2) is 35.7 Å². The molecule has 0 amide bonds. The van der Waals surface area contributed by atoms with Crippen LogP contribution in [0.3, 0.4) is 0 Å². The lowest BCUT2D eigenvalue weighted by molar-refractivity contribution is -0.0957. The number of thioether (sulfide) groups is 1. The van der Waals surface area contributed by atoms with E-state index < -0.39 is 0 Å². The molecule has 3 nitrogen and oxygen atoms in total. The number of benzene rings is 1. The van der Waals surface area contributed by atoms with E-state index in [-0.39, 0.29) is 0 Å². The zero-order chi connectivity index (χ0) is 11.4. The first-order valence-corrected chi connectivity index (χ1v) is 5.97. The average Bonchev–Trinajstić information content (AvgIpc) is 2.35. The van der Waals surface area contributed by atoms with Gasteiger partial charge in [-0.25, -0.2) is 0 Å². The Balaban J connectivity index is 2.33. The molecule has 0 aromatic heterocycles. The second-order valence-electron chi connectivity index (χ2n) is 3.30. The highest BCUT2D eigenvalue weighted by atomic mass is 32.2. The van der Waals surface area contributed by atoms with E-state index in [1.807, 2.05) is 18.5 Å². The number of hydroxylamine groups is 1. The molecule has 16 heavy (non-hydrogen) atoms. The molecular weight excluding hydrogens is 220 g/mol. The first-order valence-electron chi connectivity index (χ1n) is 4.99. The second kappa shape index (κ2) is 5.09. The van der Waals surface area contributed by atoms with E-state index >= 15 is 0 Å².